The molecule has 6 heteroatoms. The van der Waals surface area contributed by atoms with E-state index in [0.29, 0.717) is 11.7 Å². The predicted molar refractivity (Wildman–Crippen MR) is 70.3 cm³/mol. The van der Waals surface area contributed by atoms with E-state index in [-0.39, 0.29) is 0 Å². The molecule has 0 amide bonds. The summed E-state index contributed by atoms with van der Waals surface area (Å²) in [5.74, 6) is 2.13. The van der Waals surface area contributed by atoms with Crippen LogP contribution in [0.3, 0.4) is 0 Å². The highest BCUT2D eigenvalue weighted by Crippen LogP contribution is 2.26. The lowest BCUT2D eigenvalue weighted by molar-refractivity contribution is 0.697. The Morgan fingerprint density at radius 3 is 3.19 bits per heavy atom. The van der Waals surface area contributed by atoms with Gasteiger partial charge in [0, 0.05) is 24.9 Å². The van der Waals surface area contributed by atoms with Crippen LogP contribution in [0.1, 0.15) is 18.2 Å². The fraction of sp³-hybridized carbons (Fsp3) is 0.400. The van der Waals surface area contributed by atoms with Crippen LogP contribution in [0.5, 0.6) is 0 Å². The molecule has 0 bridgehead atoms. The Bertz CT molecular complexity index is 529. The van der Waals surface area contributed by atoms with Crippen molar-refractivity contribution in [2.45, 2.75) is 12.3 Å². The summed E-state index contributed by atoms with van der Waals surface area (Å²) in [7, 11) is 0. The van der Waals surface area contributed by atoms with Crippen molar-refractivity contribution in [3.63, 3.8) is 0 Å². The van der Waals surface area contributed by atoms with E-state index in [9.17, 15) is 0 Å². The number of hydrogen-bond donors (Lipinski definition) is 2. The molecule has 1 aliphatic rings. The molecule has 1 saturated heterocycles. The zero-order valence-electron chi connectivity index (χ0n) is 8.65. The Labute approximate surface area is 107 Å². The Kier molecular flexibility index (Phi) is 2.47. The molecule has 0 aliphatic carbocycles. The number of imidazole rings is 1. The van der Waals surface area contributed by atoms with Gasteiger partial charge in [-0.05, 0) is 35.6 Å². The lowest BCUT2D eigenvalue weighted by Gasteiger charge is -2.07. The topological polar surface area (TPSA) is 68.2 Å². The summed E-state index contributed by atoms with van der Waals surface area (Å²) in [4.78, 5) is 8.73. The molecule has 5 nitrogen and oxygen atoms in total. The highest BCUT2D eigenvalue weighted by Gasteiger charge is 2.23. The summed E-state index contributed by atoms with van der Waals surface area (Å²) >= 11 is 2.22. The van der Waals surface area contributed by atoms with Crippen LogP contribution in [0.2, 0.25) is 0 Å². The fourth-order valence-corrected chi connectivity index (χ4v) is 2.99. The number of fused-ring (bicyclic) bond motifs is 1. The standard InChI is InChI=1S/C10H12IN5/c11-8-7-9(12)14-3-4-16(7)10(15-8)6-1-2-13-5-6/h3-4,6,13H,1-2,5H2,(H2,12,14)/t6-/m0/s1. The van der Waals surface area contributed by atoms with Crippen molar-refractivity contribution in [3.8, 4) is 0 Å². The van der Waals surface area contributed by atoms with Crippen molar-refractivity contribution >= 4 is 33.9 Å². The average Bonchev–Trinajstić information content (AvgIpc) is 2.86. The summed E-state index contributed by atoms with van der Waals surface area (Å²) in [6.07, 6.45) is 4.80. The van der Waals surface area contributed by atoms with Crippen molar-refractivity contribution in [2.24, 2.45) is 0 Å². The number of anilines is 1. The zero-order chi connectivity index (χ0) is 11.1. The fourth-order valence-electron chi connectivity index (χ4n) is 2.21. The van der Waals surface area contributed by atoms with Gasteiger partial charge in [-0.1, -0.05) is 0 Å². The first-order chi connectivity index (χ1) is 7.77. The van der Waals surface area contributed by atoms with Gasteiger partial charge in [0.25, 0.3) is 0 Å². The minimum Gasteiger partial charge on any atom is -0.382 e. The lowest BCUT2D eigenvalue weighted by Crippen LogP contribution is -2.10. The zero-order valence-corrected chi connectivity index (χ0v) is 10.8. The van der Waals surface area contributed by atoms with Gasteiger partial charge < -0.3 is 11.1 Å². The van der Waals surface area contributed by atoms with Crippen molar-refractivity contribution in [1.82, 2.24) is 19.7 Å². The first kappa shape index (κ1) is 10.3. The monoisotopic (exact) mass is 329 g/mol. The van der Waals surface area contributed by atoms with E-state index in [4.69, 9.17) is 5.73 Å². The molecule has 1 fully saturated rings. The predicted octanol–water partition coefficient (Wildman–Crippen LogP) is 0.993. The maximum Gasteiger partial charge on any atom is 0.150 e. The van der Waals surface area contributed by atoms with Gasteiger partial charge in [0.2, 0.25) is 0 Å². The SMILES string of the molecule is Nc1nccn2c([C@H]3CCNC3)nc(I)c12. The highest BCUT2D eigenvalue weighted by atomic mass is 127. The van der Waals surface area contributed by atoms with E-state index in [0.717, 1.165) is 34.6 Å². The molecular formula is C10H12IN5. The van der Waals surface area contributed by atoms with E-state index in [2.05, 4.69) is 42.3 Å². The van der Waals surface area contributed by atoms with Crippen LogP contribution in [0.15, 0.2) is 12.4 Å². The van der Waals surface area contributed by atoms with Crippen LogP contribution < -0.4 is 11.1 Å². The number of rotatable bonds is 1. The van der Waals surface area contributed by atoms with Gasteiger partial charge >= 0.3 is 0 Å². The first-order valence-electron chi connectivity index (χ1n) is 5.26. The summed E-state index contributed by atoms with van der Waals surface area (Å²) in [5, 5.41) is 3.36. The molecule has 2 aromatic rings. The van der Waals surface area contributed by atoms with Crippen molar-refractivity contribution in [1.29, 1.82) is 0 Å². The number of nitrogen functional groups attached to an aromatic ring is 1. The smallest absolute Gasteiger partial charge is 0.150 e. The number of halogens is 1. The minimum atomic E-state index is 0.484. The number of hydrogen-bond acceptors (Lipinski definition) is 4. The number of nitrogens with two attached hydrogens (primary N) is 1. The molecule has 0 unspecified atom stereocenters. The number of nitrogens with zero attached hydrogens (tertiary/aromatic N) is 3. The molecule has 84 valence electrons. The van der Waals surface area contributed by atoms with E-state index >= 15 is 0 Å². The van der Waals surface area contributed by atoms with E-state index in [1.165, 1.54) is 0 Å². The van der Waals surface area contributed by atoms with Crippen LogP contribution >= 0.6 is 22.6 Å². The molecule has 3 heterocycles. The Morgan fingerprint density at radius 2 is 2.44 bits per heavy atom. The van der Waals surface area contributed by atoms with Gasteiger partial charge in [-0.15, -0.1) is 0 Å². The summed E-state index contributed by atoms with van der Waals surface area (Å²) in [5.41, 5.74) is 6.81. The second-order valence-corrected chi connectivity index (χ2v) is 5.00. The van der Waals surface area contributed by atoms with E-state index in [1.807, 2.05) is 6.20 Å². The molecule has 2 aromatic heterocycles. The van der Waals surface area contributed by atoms with Gasteiger partial charge in [-0.2, -0.15) is 0 Å². The molecule has 0 spiro atoms. The van der Waals surface area contributed by atoms with E-state index in [1.54, 1.807) is 6.20 Å². The van der Waals surface area contributed by atoms with Crippen LogP contribution in [0.4, 0.5) is 5.82 Å². The molecular weight excluding hydrogens is 317 g/mol. The maximum absolute atomic E-state index is 5.88. The van der Waals surface area contributed by atoms with Gasteiger partial charge in [-0.25, -0.2) is 9.97 Å². The van der Waals surface area contributed by atoms with E-state index < -0.39 is 0 Å². The second-order valence-electron chi connectivity index (χ2n) is 3.98. The molecule has 0 aromatic carbocycles. The maximum atomic E-state index is 5.88. The molecule has 3 N–H and O–H groups in total. The third-order valence-electron chi connectivity index (χ3n) is 2.99. The third kappa shape index (κ3) is 1.47. The Hall–Kier alpha value is -0.890. The number of aromatic nitrogens is 3. The quantitative estimate of drug-likeness (QED) is 0.766. The summed E-state index contributed by atoms with van der Waals surface area (Å²) < 4.78 is 3.01. The van der Waals surface area contributed by atoms with Crippen molar-refractivity contribution in [3.05, 3.63) is 21.9 Å². The third-order valence-corrected chi connectivity index (χ3v) is 3.75. The molecule has 0 radical (unpaired) electrons. The number of nitrogens with one attached hydrogen (secondary N) is 1. The Morgan fingerprint density at radius 1 is 1.56 bits per heavy atom. The van der Waals surface area contributed by atoms with Crippen LogP contribution in [0.25, 0.3) is 5.52 Å². The Balaban J connectivity index is 2.22. The van der Waals surface area contributed by atoms with Crippen molar-refractivity contribution in [2.75, 3.05) is 18.8 Å². The van der Waals surface area contributed by atoms with Gasteiger partial charge in [0.1, 0.15) is 15.0 Å². The largest absolute Gasteiger partial charge is 0.382 e. The van der Waals surface area contributed by atoms with Gasteiger partial charge in [-0.3, -0.25) is 4.40 Å². The van der Waals surface area contributed by atoms with Crippen LogP contribution in [-0.2, 0) is 0 Å². The van der Waals surface area contributed by atoms with Crippen LogP contribution in [0, 0.1) is 3.70 Å². The second kappa shape index (κ2) is 3.85. The minimum absolute atomic E-state index is 0.484. The van der Waals surface area contributed by atoms with Crippen molar-refractivity contribution < 1.29 is 0 Å². The van der Waals surface area contributed by atoms with Gasteiger partial charge in [0.05, 0.1) is 0 Å². The summed E-state index contributed by atoms with van der Waals surface area (Å²) in [6.45, 7) is 2.06. The molecule has 0 saturated carbocycles. The molecule has 3 rings (SSSR count). The highest BCUT2D eigenvalue weighted by molar-refractivity contribution is 14.1. The first-order valence-corrected chi connectivity index (χ1v) is 6.34. The normalized spacial score (nSPS) is 20.7. The van der Waals surface area contributed by atoms with Crippen LogP contribution in [-0.4, -0.2) is 27.5 Å². The summed E-state index contributed by atoms with van der Waals surface area (Å²) in [6, 6.07) is 0. The molecule has 1 atom stereocenters. The lowest BCUT2D eigenvalue weighted by atomic mass is 10.1. The molecule has 16 heavy (non-hydrogen) atoms. The molecule has 1 aliphatic heterocycles. The van der Waals surface area contributed by atoms with Gasteiger partial charge in [0.15, 0.2) is 5.82 Å². The average molecular weight is 329 g/mol.